The number of rotatable bonds is 3. The first kappa shape index (κ1) is 19.8. The van der Waals surface area contributed by atoms with E-state index in [1.54, 1.807) is 30.3 Å². The maximum absolute atomic E-state index is 13.2. The van der Waals surface area contributed by atoms with Gasteiger partial charge in [-0.2, -0.15) is 13.2 Å². The summed E-state index contributed by atoms with van der Waals surface area (Å²) in [6.45, 7) is 0.177. The molecule has 1 aliphatic rings. The quantitative estimate of drug-likeness (QED) is 0.567. The summed E-state index contributed by atoms with van der Waals surface area (Å²) in [7, 11) is 2.97. The monoisotopic (exact) mass is 414 g/mol. The first-order chi connectivity index (χ1) is 14.3. The number of fused-ring (bicyclic) bond motifs is 2. The molecular weight excluding hydrogens is 397 g/mol. The zero-order valence-electron chi connectivity index (χ0n) is 16.2. The fourth-order valence-corrected chi connectivity index (χ4v) is 3.40. The van der Waals surface area contributed by atoms with E-state index in [1.807, 2.05) is 0 Å². The zero-order chi connectivity index (χ0) is 21.5. The van der Waals surface area contributed by atoms with E-state index in [0.717, 1.165) is 12.1 Å². The summed E-state index contributed by atoms with van der Waals surface area (Å²) < 4.78 is 54.8. The van der Waals surface area contributed by atoms with Gasteiger partial charge in [-0.3, -0.25) is 4.79 Å². The van der Waals surface area contributed by atoms with Gasteiger partial charge in [-0.15, -0.1) is 0 Å². The Morgan fingerprint density at radius 1 is 0.833 bits per heavy atom. The van der Waals surface area contributed by atoms with Crippen LogP contribution in [0.2, 0.25) is 0 Å². The number of methoxy groups -OCH3 is 2. The molecule has 0 saturated carbocycles. The first-order valence-corrected chi connectivity index (χ1v) is 9.06. The highest BCUT2D eigenvalue weighted by Crippen LogP contribution is 2.39. The Morgan fingerprint density at radius 2 is 1.47 bits per heavy atom. The van der Waals surface area contributed by atoms with Crippen LogP contribution in [0.25, 0.3) is 11.1 Å². The molecule has 0 aliphatic carbocycles. The van der Waals surface area contributed by atoms with Crippen molar-refractivity contribution in [3.8, 4) is 28.4 Å². The summed E-state index contributed by atoms with van der Waals surface area (Å²) in [6.07, 6.45) is -4.40. The Kier molecular flexibility index (Phi) is 4.89. The fourth-order valence-electron chi connectivity index (χ4n) is 3.40. The van der Waals surface area contributed by atoms with Crippen molar-refractivity contribution in [1.29, 1.82) is 0 Å². The van der Waals surface area contributed by atoms with Crippen LogP contribution in [0.5, 0.6) is 17.2 Å². The summed E-state index contributed by atoms with van der Waals surface area (Å²) in [5, 5.41) is 0. The molecule has 0 fully saturated rings. The van der Waals surface area contributed by atoms with Crippen molar-refractivity contribution in [2.45, 2.75) is 12.8 Å². The van der Waals surface area contributed by atoms with Crippen LogP contribution in [-0.4, -0.2) is 20.0 Å². The fraction of sp³-hybridized carbons (Fsp3) is 0.174. The molecule has 0 amide bonds. The largest absolute Gasteiger partial charge is 0.493 e. The van der Waals surface area contributed by atoms with Crippen molar-refractivity contribution in [3.63, 3.8) is 0 Å². The van der Waals surface area contributed by atoms with Crippen molar-refractivity contribution in [1.82, 2.24) is 0 Å². The van der Waals surface area contributed by atoms with Crippen molar-refractivity contribution in [2.24, 2.45) is 0 Å². The molecule has 0 saturated heterocycles. The molecule has 7 heteroatoms. The van der Waals surface area contributed by atoms with Gasteiger partial charge in [-0.05, 0) is 35.4 Å². The van der Waals surface area contributed by atoms with Gasteiger partial charge in [0.15, 0.2) is 17.3 Å². The second-order valence-electron chi connectivity index (χ2n) is 6.77. The van der Waals surface area contributed by atoms with E-state index in [1.165, 1.54) is 26.4 Å². The van der Waals surface area contributed by atoms with Crippen LogP contribution in [0.1, 0.15) is 27.0 Å². The molecule has 0 N–H and O–H groups in total. The lowest BCUT2D eigenvalue weighted by atomic mass is 9.94. The molecule has 1 aliphatic heterocycles. The third kappa shape index (κ3) is 3.47. The van der Waals surface area contributed by atoms with E-state index in [0.29, 0.717) is 45.1 Å². The highest BCUT2D eigenvalue weighted by molar-refractivity contribution is 6.13. The minimum atomic E-state index is -4.40. The Labute approximate surface area is 170 Å². The van der Waals surface area contributed by atoms with Gasteiger partial charge >= 0.3 is 6.18 Å². The molecule has 0 atom stereocenters. The van der Waals surface area contributed by atoms with Gasteiger partial charge < -0.3 is 14.2 Å². The number of ether oxygens (including phenoxy) is 3. The molecule has 4 nitrogen and oxygen atoms in total. The number of carbonyl (C=O) groups is 1. The van der Waals surface area contributed by atoms with Crippen LogP contribution < -0.4 is 14.2 Å². The maximum atomic E-state index is 13.2. The molecular formula is C23H17F3O4. The lowest BCUT2D eigenvalue weighted by Crippen LogP contribution is -2.05. The molecule has 0 spiro atoms. The van der Waals surface area contributed by atoms with Gasteiger partial charge in [0.05, 0.1) is 25.3 Å². The van der Waals surface area contributed by atoms with Crippen LogP contribution >= 0.6 is 0 Å². The number of alkyl halides is 3. The van der Waals surface area contributed by atoms with E-state index >= 15 is 0 Å². The summed E-state index contributed by atoms with van der Waals surface area (Å²) >= 11 is 0. The molecule has 154 valence electrons. The first-order valence-electron chi connectivity index (χ1n) is 9.06. The van der Waals surface area contributed by atoms with Gasteiger partial charge in [0, 0.05) is 17.2 Å². The van der Waals surface area contributed by atoms with Crippen LogP contribution in [0.4, 0.5) is 13.2 Å². The lowest BCUT2D eigenvalue weighted by molar-refractivity contribution is -0.137. The smallest absolute Gasteiger partial charge is 0.416 e. The van der Waals surface area contributed by atoms with E-state index in [9.17, 15) is 18.0 Å². The Balaban J connectivity index is 1.76. The van der Waals surface area contributed by atoms with Gasteiger partial charge in [-0.1, -0.05) is 24.3 Å². The topological polar surface area (TPSA) is 44.8 Å². The zero-order valence-corrected chi connectivity index (χ0v) is 16.2. The van der Waals surface area contributed by atoms with Crippen molar-refractivity contribution >= 4 is 5.78 Å². The molecule has 0 unspecified atom stereocenters. The average molecular weight is 414 g/mol. The van der Waals surface area contributed by atoms with Gasteiger partial charge in [0.1, 0.15) is 12.4 Å². The predicted molar refractivity (Wildman–Crippen MR) is 104 cm³/mol. The second kappa shape index (κ2) is 7.40. The molecule has 30 heavy (non-hydrogen) atoms. The number of hydrogen-bond acceptors (Lipinski definition) is 4. The maximum Gasteiger partial charge on any atom is 0.416 e. The summed E-state index contributed by atoms with van der Waals surface area (Å²) in [5.74, 6) is 0.966. The van der Waals surface area contributed by atoms with Gasteiger partial charge in [-0.25, -0.2) is 0 Å². The Bertz CT molecular complexity index is 1120. The SMILES string of the molecule is COc1cc2c(cc1OC)C(=O)c1cc(-c3ccc(C(F)(F)F)cc3)ccc1CO2. The molecule has 4 rings (SSSR count). The Hall–Kier alpha value is -3.48. The van der Waals surface area contributed by atoms with Crippen molar-refractivity contribution < 1.29 is 32.2 Å². The predicted octanol–water partition coefficient (Wildman–Crippen LogP) is 5.51. The number of halogens is 3. The lowest BCUT2D eigenvalue weighted by Gasteiger charge is -2.12. The number of ketones is 1. The highest BCUT2D eigenvalue weighted by Gasteiger charge is 2.30. The number of hydrogen-bond donors (Lipinski definition) is 0. The third-order valence-corrected chi connectivity index (χ3v) is 5.01. The molecule has 0 aromatic heterocycles. The van der Waals surface area contributed by atoms with Crippen LogP contribution in [0.3, 0.4) is 0 Å². The van der Waals surface area contributed by atoms with Crippen molar-refractivity contribution in [3.05, 3.63) is 76.9 Å². The molecule has 0 radical (unpaired) electrons. The third-order valence-electron chi connectivity index (χ3n) is 5.01. The Morgan fingerprint density at radius 3 is 2.10 bits per heavy atom. The van der Waals surface area contributed by atoms with Crippen LogP contribution in [0.15, 0.2) is 54.6 Å². The van der Waals surface area contributed by atoms with Crippen molar-refractivity contribution in [2.75, 3.05) is 14.2 Å². The molecule has 3 aromatic rings. The molecule has 0 bridgehead atoms. The van der Waals surface area contributed by atoms with Crippen LogP contribution in [-0.2, 0) is 12.8 Å². The minimum absolute atomic E-state index is 0.177. The van der Waals surface area contributed by atoms with Gasteiger partial charge in [0.25, 0.3) is 0 Å². The van der Waals surface area contributed by atoms with E-state index < -0.39 is 11.7 Å². The highest BCUT2D eigenvalue weighted by atomic mass is 19.4. The van der Waals surface area contributed by atoms with Crippen LogP contribution in [0, 0.1) is 0 Å². The minimum Gasteiger partial charge on any atom is -0.493 e. The van der Waals surface area contributed by atoms with E-state index in [-0.39, 0.29) is 12.4 Å². The number of benzene rings is 3. The summed E-state index contributed by atoms with van der Waals surface area (Å²) in [4.78, 5) is 13.2. The molecule has 3 aromatic carbocycles. The summed E-state index contributed by atoms with van der Waals surface area (Å²) in [6, 6.07) is 13.2. The summed E-state index contributed by atoms with van der Waals surface area (Å²) in [5.41, 5.74) is 1.94. The average Bonchev–Trinajstić information content (AvgIpc) is 2.88. The van der Waals surface area contributed by atoms with Gasteiger partial charge in [0.2, 0.25) is 0 Å². The standard InChI is InChI=1S/C23H17F3O4/c1-28-20-10-18-19(11-21(20)29-2)30-12-15-4-3-14(9-17(15)22(18)27)13-5-7-16(8-6-13)23(24,25)26/h3-11H,12H2,1-2H3. The second-order valence-corrected chi connectivity index (χ2v) is 6.77. The normalized spacial score (nSPS) is 13.0. The molecule has 1 heterocycles. The number of carbonyl (C=O) groups excluding carboxylic acids is 1. The van der Waals surface area contributed by atoms with E-state index in [2.05, 4.69) is 0 Å². The van der Waals surface area contributed by atoms with E-state index in [4.69, 9.17) is 14.2 Å².